The van der Waals surface area contributed by atoms with Crippen molar-refractivity contribution in [2.24, 2.45) is 21.3 Å². The lowest BCUT2D eigenvalue weighted by Gasteiger charge is -2.18. The Morgan fingerprint density at radius 2 is 1.60 bits per heavy atom. The minimum atomic E-state index is -1.21. The largest absolute Gasteiger partial charge is 0.497 e. The molecule has 0 saturated carbocycles. The number of amides is 1. The number of thioether (sulfide) groups is 1. The number of allylic oxidation sites excluding steroid dienone is 3. The maximum atomic E-state index is 11.8. The summed E-state index contributed by atoms with van der Waals surface area (Å²) < 4.78 is 0. The molecule has 0 bridgehead atoms. The first kappa shape index (κ1) is 27.0. The quantitative estimate of drug-likeness (QED) is 0.454. The Morgan fingerprint density at radius 1 is 1.03 bits per heavy atom. The zero-order valence-corrected chi connectivity index (χ0v) is 19.4. The van der Waals surface area contributed by atoms with Gasteiger partial charge in [0.25, 0.3) is 17.3 Å². The highest BCUT2D eigenvalue weighted by Crippen LogP contribution is 2.39. The van der Waals surface area contributed by atoms with Crippen LogP contribution in [-0.2, 0) is 9.59 Å². The van der Waals surface area contributed by atoms with Crippen molar-refractivity contribution in [3.8, 4) is 5.75 Å². The van der Waals surface area contributed by atoms with E-state index in [9.17, 15) is 39.9 Å². The van der Waals surface area contributed by atoms with Crippen LogP contribution in [0.4, 0.5) is 17.1 Å². The molecule has 1 aromatic carbocycles. The smallest absolute Gasteiger partial charge is 0.324 e. The van der Waals surface area contributed by atoms with Gasteiger partial charge in [0, 0.05) is 5.41 Å². The van der Waals surface area contributed by atoms with Crippen molar-refractivity contribution in [3.63, 3.8) is 0 Å². The summed E-state index contributed by atoms with van der Waals surface area (Å²) >= 11 is 1.23. The number of phenols is 1. The summed E-state index contributed by atoms with van der Waals surface area (Å²) in [7, 11) is 0. The molecule has 1 amide bonds. The third kappa shape index (κ3) is 6.86. The minimum absolute atomic E-state index is 0.119. The van der Waals surface area contributed by atoms with Crippen molar-refractivity contribution >= 4 is 51.4 Å². The molecule has 1 aromatic rings. The molecule has 0 spiro atoms. The molecule has 14 nitrogen and oxygen atoms in total. The second-order valence-corrected chi connectivity index (χ2v) is 9.00. The van der Waals surface area contributed by atoms with Gasteiger partial charge in [-0.2, -0.15) is 4.99 Å². The second kappa shape index (κ2) is 10.8. The first-order chi connectivity index (χ1) is 16.2. The molecule has 35 heavy (non-hydrogen) atoms. The van der Waals surface area contributed by atoms with Crippen molar-refractivity contribution in [2.45, 2.75) is 20.8 Å². The third-order valence-electron chi connectivity index (χ3n) is 4.52. The number of phenolic OH excluding ortho intramolecular Hbond substituents is 1. The Labute approximate surface area is 201 Å². The number of rotatable bonds is 5. The lowest BCUT2D eigenvalue weighted by Crippen LogP contribution is -2.27. The fourth-order valence-electron chi connectivity index (χ4n) is 2.53. The second-order valence-electron chi connectivity index (χ2n) is 8.06. The number of ketones is 1. The van der Waals surface area contributed by atoms with Crippen molar-refractivity contribution < 1.29 is 29.5 Å². The molecule has 3 rings (SSSR count). The molecule has 1 atom stereocenters. The van der Waals surface area contributed by atoms with Crippen LogP contribution in [0.2, 0.25) is 0 Å². The summed E-state index contributed by atoms with van der Waals surface area (Å²) in [5.41, 5.74) is -2.68. The summed E-state index contributed by atoms with van der Waals surface area (Å²) in [6, 6.07) is 0.894. The molecule has 0 saturated heterocycles. The Bertz CT molecular complexity index is 1190. The van der Waals surface area contributed by atoms with Crippen LogP contribution in [0.3, 0.4) is 0 Å². The molecule has 1 aliphatic heterocycles. The number of nitro benzene ring substituents is 3. The van der Waals surface area contributed by atoms with E-state index >= 15 is 0 Å². The van der Waals surface area contributed by atoms with E-state index in [0.29, 0.717) is 23.0 Å². The zero-order valence-electron chi connectivity index (χ0n) is 18.6. The number of aromatic hydroxyl groups is 1. The molecule has 1 heterocycles. The Morgan fingerprint density at radius 3 is 2.09 bits per heavy atom. The predicted molar refractivity (Wildman–Crippen MR) is 127 cm³/mol. The molecule has 0 aromatic heterocycles. The summed E-state index contributed by atoms with van der Waals surface area (Å²) in [6.07, 6.45) is 7.25. The van der Waals surface area contributed by atoms with Crippen molar-refractivity contribution in [2.75, 3.05) is 5.75 Å². The molecule has 1 N–H and O–H groups in total. The number of fused-ring (bicyclic) bond motifs is 1. The van der Waals surface area contributed by atoms with E-state index in [1.54, 1.807) is 6.08 Å². The van der Waals surface area contributed by atoms with Gasteiger partial charge in [-0.25, -0.2) is 4.99 Å². The van der Waals surface area contributed by atoms with Crippen LogP contribution in [0, 0.1) is 41.7 Å². The molecule has 184 valence electrons. The van der Waals surface area contributed by atoms with E-state index in [0.717, 1.165) is 0 Å². The zero-order chi connectivity index (χ0) is 26.5. The molecule has 0 fully saturated rings. The molecule has 1 aliphatic carbocycles. The van der Waals surface area contributed by atoms with E-state index in [1.807, 2.05) is 39.0 Å². The predicted octanol–water partition coefficient (Wildman–Crippen LogP) is 3.53. The first-order valence-electron chi connectivity index (χ1n) is 9.74. The molecule has 0 radical (unpaired) electrons. The number of carbonyl (C=O) groups is 2. The summed E-state index contributed by atoms with van der Waals surface area (Å²) in [5.74, 6) is -1.37. The lowest BCUT2D eigenvalue weighted by atomic mass is 9.92. The SMILES string of the molecule is CC(C)(C)C(=O)CSC1=NC(=O)C2C=CC=CC2=N1.O=[N+]([O-])c1cc([N+](=O)[O-])c(O)c([N+](=O)[O-])c1. The number of Topliss-reactive ketones (excluding diaryl/α,β-unsaturated/α-hetero) is 1. The van der Waals surface area contributed by atoms with Crippen LogP contribution in [0.15, 0.2) is 46.4 Å². The number of non-ortho nitro benzene ring substituents is 1. The van der Waals surface area contributed by atoms with Crippen LogP contribution in [0.25, 0.3) is 0 Å². The first-order valence-corrected chi connectivity index (χ1v) is 10.7. The maximum Gasteiger partial charge on any atom is 0.324 e. The van der Waals surface area contributed by atoms with Gasteiger partial charge < -0.3 is 5.11 Å². The number of nitro groups is 3. The summed E-state index contributed by atoms with van der Waals surface area (Å²) in [5, 5.41) is 40.6. The Kier molecular flexibility index (Phi) is 8.30. The van der Waals surface area contributed by atoms with Gasteiger partial charge >= 0.3 is 11.4 Å². The summed E-state index contributed by atoms with van der Waals surface area (Å²) in [4.78, 5) is 59.7. The highest BCUT2D eigenvalue weighted by atomic mass is 32.2. The number of hydrogen-bond acceptors (Lipinski definition) is 11. The fraction of sp³-hybridized carbons (Fsp3) is 0.300. The van der Waals surface area contributed by atoms with Gasteiger partial charge in [0.15, 0.2) is 5.17 Å². The van der Waals surface area contributed by atoms with Gasteiger partial charge in [0.1, 0.15) is 11.7 Å². The highest BCUT2D eigenvalue weighted by molar-refractivity contribution is 8.14. The molecular weight excluding hydrogens is 486 g/mol. The fourth-order valence-corrected chi connectivity index (χ4v) is 3.55. The van der Waals surface area contributed by atoms with Crippen LogP contribution >= 0.6 is 11.8 Å². The standard InChI is InChI=1S/C14H16N2O2S.C6H3N3O7/c1-14(2,3)11(17)8-19-13-15-10-7-5-4-6-9(10)12(18)16-13;10-6-4(8(13)14)1-3(7(11)12)2-5(6)9(15)16/h4-7,9H,8H2,1-3H3;1-2,10H. The van der Waals surface area contributed by atoms with Crippen molar-refractivity contribution in [1.29, 1.82) is 0 Å². The van der Waals surface area contributed by atoms with Gasteiger partial charge in [0.2, 0.25) is 0 Å². The van der Waals surface area contributed by atoms with E-state index in [1.165, 1.54) is 11.8 Å². The number of amidine groups is 1. The maximum absolute atomic E-state index is 11.8. The van der Waals surface area contributed by atoms with Crippen molar-refractivity contribution in [3.05, 3.63) is 66.8 Å². The highest BCUT2D eigenvalue weighted by Gasteiger charge is 2.30. The van der Waals surface area contributed by atoms with Crippen LogP contribution in [0.1, 0.15) is 20.8 Å². The van der Waals surface area contributed by atoms with Gasteiger partial charge in [-0.15, -0.1) is 0 Å². The number of aliphatic imine (C=N–C) groups is 2. The summed E-state index contributed by atoms with van der Waals surface area (Å²) in [6.45, 7) is 5.63. The van der Waals surface area contributed by atoms with E-state index in [4.69, 9.17) is 5.11 Å². The van der Waals surface area contributed by atoms with E-state index < -0.39 is 37.6 Å². The van der Waals surface area contributed by atoms with E-state index in [2.05, 4.69) is 9.98 Å². The van der Waals surface area contributed by atoms with Gasteiger partial charge in [-0.3, -0.25) is 39.9 Å². The number of nitrogens with zero attached hydrogens (tertiary/aromatic N) is 5. The Hall–Kier alpha value is -4.27. The number of benzene rings is 1. The normalized spacial score (nSPS) is 16.3. The van der Waals surface area contributed by atoms with Gasteiger partial charge in [-0.1, -0.05) is 50.8 Å². The topological polar surface area (TPSA) is 209 Å². The van der Waals surface area contributed by atoms with Crippen molar-refractivity contribution in [1.82, 2.24) is 0 Å². The van der Waals surface area contributed by atoms with Gasteiger partial charge in [-0.05, 0) is 6.08 Å². The molecular formula is C20H19N5O9S. The van der Waals surface area contributed by atoms with E-state index in [-0.39, 0.29) is 28.8 Å². The monoisotopic (exact) mass is 505 g/mol. The lowest BCUT2D eigenvalue weighted by molar-refractivity contribution is -0.404. The average Bonchev–Trinajstić information content (AvgIpc) is 2.76. The van der Waals surface area contributed by atoms with Crippen LogP contribution < -0.4 is 0 Å². The molecule has 15 heteroatoms. The van der Waals surface area contributed by atoms with Gasteiger partial charge in [0.05, 0.1) is 38.4 Å². The molecule has 2 aliphatic rings. The third-order valence-corrected chi connectivity index (χ3v) is 5.37. The Balaban J connectivity index is 0.000000251. The van der Waals surface area contributed by atoms with Crippen LogP contribution in [0.5, 0.6) is 5.75 Å². The van der Waals surface area contributed by atoms with Crippen LogP contribution in [-0.4, -0.2) is 48.2 Å². The number of carbonyl (C=O) groups excluding carboxylic acids is 2. The minimum Gasteiger partial charge on any atom is -0.497 e. The molecule has 1 unspecified atom stereocenters. The number of hydrogen-bond donors (Lipinski definition) is 1. The average molecular weight is 505 g/mol.